The zero-order valence-electron chi connectivity index (χ0n) is 17.3. The molecule has 2 heterocycles. The number of amides is 1. The lowest BCUT2D eigenvalue weighted by molar-refractivity contribution is -0.121. The summed E-state index contributed by atoms with van der Waals surface area (Å²) in [5.41, 5.74) is 2.81. The quantitative estimate of drug-likeness (QED) is 0.286. The molecule has 32 heavy (non-hydrogen) atoms. The van der Waals surface area contributed by atoms with E-state index in [0.717, 1.165) is 22.6 Å². The summed E-state index contributed by atoms with van der Waals surface area (Å²) < 4.78 is 5.91. The molecule has 8 heteroatoms. The van der Waals surface area contributed by atoms with Crippen molar-refractivity contribution in [2.45, 2.75) is 13.5 Å². The fourth-order valence-corrected chi connectivity index (χ4v) is 4.79. The number of halogens is 1. The number of aryl methyl sites for hydroxylation is 1. The van der Waals surface area contributed by atoms with Gasteiger partial charge in [0.25, 0.3) is 5.91 Å². The molecular weight excluding hydrogens is 462 g/mol. The minimum atomic E-state index is -0.102. The number of hydrogen-bond acceptors (Lipinski definition) is 6. The number of thioether (sulfide) groups is 1. The maximum atomic E-state index is 13.0. The Kier molecular flexibility index (Phi) is 7.09. The number of rotatable bonds is 7. The molecule has 0 spiro atoms. The van der Waals surface area contributed by atoms with Crippen molar-refractivity contribution in [3.8, 4) is 5.75 Å². The van der Waals surface area contributed by atoms with Gasteiger partial charge < -0.3 is 4.74 Å². The molecule has 162 valence electrons. The molecule has 2 aromatic carbocycles. The van der Waals surface area contributed by atoms with Gasteiger partial charge in [-0.1, -0.05) is 41.9 Å². The Balaban J connectivity index is 1.52. The zero-order valence-corrected chi connectivity index (χ0v) is 19.7. The number of benzene rings is 2. The van der Waals surface area contributed by atoms with Crippen LogP contribution in [0.3, 0.4) is 0 Å². The van der Waals surface area contributed by atoms with Crippen LogP contribution in [-0.4, -0.2) is 27.5 Å². The normalized spacial score (nSPS) is 16.2. The summed E-state index contributed by atoms with van der Waals surface area (Å²) in [7, 11) is 0. The van der Waals surface area contributed by atoms with Gasteiger partial charge in [-0.25, -0.2) is 4.98 Å². The number of ether oxygens (including phenoxy) is 1. The monoisotopic (exact) mass is 481 g/mol. The van der Waals surface area contributed by atoms with Gasteiger partial charge in [0.2, 0.25) is 5.13 Å². The van der Waals surface area contributed by atoms with Crippen molar-refractivity contribution in [3.63, 3.8) is 0 Å². The van der Waals surface area contributed by atoms with E-state index in [1.54, 1.807) is 11.0 Å². The summed E-state index contributed by atoms with van der Waals surface area (Å²) >= 11 is 8.72. The second-order valence-corrected chi connectivity index (χ2v) is 9.25. The van der Waals surface area contributed by atoms with Crippen molar-refractivity contribution in [1.82, 2.24) is 9.88 Å². The van der Waals surface area contributed by atoms with Crippen LogP contribution in [0.15, 0.2) is 76.5 Å². The molecule has 5 nitrogen and oxygen atoms in total. The molecule has 1 fully saturated rings. The minimum absolute atomic E-state index is 0.102. The van der Waals surface area contributed by atoms with Gasteiger partial charge in [-0.15, -0.1) is 17.9 Å². The molecule has 0 bridgehead atoms. The van der Waals surface area contributed by atoms with Crippen LogP contribution in [0.5, 0.6) is 5.75 Å². The van der Waals surface area contributed by atoms with Gasteiger partial charge in [-0.2, -0.15) is 4.99 Å². The number of thiazole rings is 1. The van der Waals surface area contributed by atoms with E-state index in [1.807, 2.05) is 66.9 Å². The van der Waals surface area contributed by atoms with E-state index in [9.17, 15) is 4.79 Å². The summed E-state index contributed by atoms with van der Waals surface area (Å²) in [6.07, 6.45) is 3.54. The molecule has 4 rings (SSSR count). The topological polar surface area (TPSA) is 54.8 Å². The molecule has 1 aromatic heterocycles. The highest BCUT2D eigenvalue weighted by atomic mass is 35.5. The molecular formula is C24H20ClN3O2S2. The van der Waals surface area contributed by atoms with Crippen molar-refractivity contribution < 1.29 is 9.53 Å². The first-order chi connectivity index (χ1) is 15.5. The van der Waals surface area contributed by atoms with Gasteiger partial charge >= 0.3 is 0 Å². The number of hydrogen-bond donors (Lipinski definition) is 0. The third-order valence-corrected chi connectivity index (χ3v) is 6.58. The van der Waals surface area contributed by atoms with Crippen molar-refractivity contribution in [1.29, 1.82) is 0 Å². The Hall–Kier alpha value is -2.87. The van der Waals surface area contributed by atoms with Gasteiger partial charge in [0, 0.05) is 16.9 Å². The number of nitrogens with zero attached hydrogens (tertiary/aromatic N) is 3. The molecule has 3 aromatic rings. The van der Waals surface area contributed by atoms with Crippen molar-refractivity contribution in [2.75, 3.05) is 6.54 Å². The molecule has 0 saturated carbocycles. The molecule has 0 N–H and O–H groups in total. The van der Waals surface area contributed by atoms with Crippen LogP contribution in [0.2, 0.25) is 5.02 Å². The molecule has 1 aliphatic heterocycles. The highest BCUT2D eigenvalue weighted by molar-refractivity contribution is 8.18. The lowest BCUT2D eigenvalue weighted by Crippen LogP contribution is -2.29. The maximum absolute atomic E-state index is 13.0. The largest absolute Gasteiger partial charge is 0.489 e. The van der Waals surface area contributed by atoms with Gasteiger partial charge in [0.1, 0.15) is 12.4 Å². The maximum Gasteiger partial charge on any atom is 0.267 e. The standard InChI is InChI=1S/C24H20ClN3O2S2/c1-3-11-28-22(29)21(32-24(28)27-23-26-16(2)15-31-23)13-18-5-4-6-20(12-18)30-14-17-7-9-19(25)10-8-17/h3-10,12-13,15H,1,11,14H2,2H3/b21-13-,27-24+. The van der Waals surface area contributed by atoms with Gasteiger partial charge in [-0.05, 0) is 60.2 Å². The molecule has 1 aliphatic rings. The number of aromatic nitrogens is 1. The zero-order chi connectivity index (χ0) is 22.5. The SMILES string of the molecule is C=CCN1C(=O)/C(=C/c2cccc(OCc3ccc(Cl)cc3)c2)S/C1=N/c1nc(C)cs1. The summed E-state index contributed by atoms with van der Waals surface area (Å²) in [4.78, 5) is 24.1. The molecule has 0 unspecified atom stereocenters. The molecule has 0 aliphatic carbocycles. The summed E-state index contributed by atoms with van der Waals surface area (Å²) in [6.45, 7) is 6.50. The Morgan fingerprint density at radius 3 is 2.78 bits per heavy atom. The molecule has 1 amide bonds. The third kappa shape index (κ3) is 5.48. The second-order valence-electron chi connectivity index (χ2n) is 6.97. The first-order valence-electron chi connectivity index (χ1n) is 9.82. The van der Waals surface area contributed by atoms with Crippen molar-refractivity contribution >= 4 is 57.0 Å². The van der Waals surface area contributed by atoms with Crippen LogP contribution in [0.4, 0.5) is 5.13 Å². The van der Waals surface area contributed by atoms with Crippen LogP contribution in [-0.2, 0) is 11.4 Å². The number of aliphatic imine (C=N–C) groups is 1. The van der Waals surface area contributed by atoms with E-state index in [2.05, 4.69) is 16.6 Å². The van der Waals surface area contributed by atoms with E-state index in [4.69, 9.17) is 16.3 Å². The van der Waals surface area contributed by atoms with Crippen molar-refractivity contribution in [2.24, 2.45) is 4.99 Å². The first kappa shape index (κ1) is 22.3. The van der Waals surface area contributed by atoms with Crippen molar-refractivity contribution in [3.05, 3.63) is 93.3 Å². The number of amidine groups is 1. The van der Waals surface area contributed by atoms with E-state index >= 15 is 0 Å². The lowest BCUT2D eigenvalue weighted by atomic mass is 10.2. The average molecular weight is 482 g/mol. The van der Waals surface area contributed by atoms with Crippen LogP contribution >= 0.6 is 34.7 Å². The van der Waals surface area contributed by atoms with Crippen LogP contribution in [0.25, 0.3) is 6.08 Å². The average Bonchev–Trinajstić information content (AvgIpc) is 3.32. The Labute approximate surface area is 200 Å². The highest BCUT2D eigenvalue weighted by Gasteiger charge is 2.32. The Morgan fingerprint density at radius 2 is 2.06 bits per heavy atom. The molecule has 0 atom stereocenters. The Morgan fingerprint density at radius 1 is 1.25 bits per heavy atom. The van der Waals surface area contributed by atoms with Crippen LogP contribution in [0.1, 0.15) is 16.8 Å². The third-order valence-electron chi connectivity index (χ3n) is 4.47. The molecule has 0 radical (unpaired) electrons. The van der Waals surface area contributed by atoms with Crippen LogP contribution < -0.4 is 4.74 Å². The fraction of sp³-hybridized carbons (Fsp3) is 0.125. The van der Waals surface area contributed by atoms with Crippen LogP contribution in [0, 0.1) is 6.92 Å². The summed E-state index contributed by atoms with van der Waals surface area (Å²) in [5, 5.41) is 3.86. The lowest BCUT2D eigenvalue weighted by Gasteiger charge is -2.11. The second kappa shape index (κ2) is 10.2. The van der Waals surface area contributed by atoms with Gasteiger partial charge in [-0.3, -0.25) is 9.69 Å². The van der Waals surface area contributed by atoms with E-state index in [-0.39, 0.29) is 5.91 Å². The van der Waals surface area contributed by atoms with E-state index in [0.29, 0.717) is 33.4 Å². The van der Waals surface area contributed by atoms with E-state index in [1.165, 1.54) is 23.1 Å². The highest BCUT2D eigenvalue weighted by Crippen LogP contribution is 2.35. The Bertz CT molecular complexity index is 1200. The smallest absolute Gasteiger partial charge is 0.267 e. The predicted molar refractivity (Wildman–Crippen MR) is 134 cm³/mol. The summed E-state index contributed by atoms with van der Waals surface area (Å²) in [6, 6.07) is 15.2. The molecule has 1 saturated heterocycles. The van der Waals surface area contributed by atoms with Gasteiger partial charge in [0.05, 0.1) is 10.6 Å². The van der Waals surface area contributed by atoms with Gasteiger partial charge in [0.15, 0.2) is 5.17 Å². The number of carbonyl (C=O) groups excluding carboxylic acids is 1. The van der Waals surface area contributed by atoms with E-state index < -0.39 is 0 Å². The fourth-order valence-electron chi connectivity index (χ4n) is 2.95. The summed E-state index contributed by atoms with van der Waals surface area (Å²) in [5.74, 6) is 0.620. The predicted octanol–water partition coefficient (Wildman–Crippen LogP) is 6.47. The minimum Gasteiger partial charge on any atom is -0.489 e. The first-order valence-corrected chi connectivity index (χ1v) is 11.9. The number of carbonyl (C=O) groups is 1.